The summed E-state index contributed by atoms with van der Waals surface area (Å²) in [6, 6.07) is 11.7. The third-order valence-electron chi connectivity index (χ3n) is 3.84. The highest BCUT2D eigenvalue weighted by molar-refractivity contribution is 6.13. The van der Waals surface area contributed by atoms with Crippen LogP contribution in [0.25, 0.3) is 10.9 Å². The van der Waals surface area contributed by atoms with Gasteiger partial charge in [0.1, 0.15) is 5.75 Å². The lowest BCUT2D eigenvalue weighted by Crippen LogP contribution is -2.15. The Morgan fingerprint density at radius 1 is 1.04 bits per heavy atom. The lowest BCUT2D eigenvalue weighted by atomic mass is 10.1. The second-order valence-corrected chi connectivity index (χ2v) is 5.69. The molecular weight excluding hydrogens is 348 g/mol. The molecule has 7 nitrogen and oxygen atoms in total. The molecule has 2 aromatic carbocycles. The second kappa shape index (κ2) is 7.74. The van der Waals surface area contributed by atoms with Gasteiger partial charge in [-0.1, -0.05) is 24.3 Å². The lowest BCUT2D eigenvalue weighted by molar-refractivity contribution is -0.131. The number of amides is 1. The van der Waals surface area contributed by atoms with Crippen LogP contribution in [0, 0.1) is 0 Å². The smallest absolute Gasteiger partial charge is 0.340 e. The Morgan fingerprint density at radius 2 is 1.81 bits per heavy atom. The van der Waals surface area contributed by atoms with Crippen molar-refractivity contribution in [2.75, 3.05) is 11.9 Å². The van der Waals surface area contributed by atoms with E-state index in [-0.39, 0.29) is 17.9 Å². The molecule has 0 saturated heterocycles. The molecule has 0 saturated carbocycles. The number of esters is 2. The Hall–Kier alpha value is -3.61. The summed E-state index contributed by atoms with van der Waals surface area (Å²) in [5, 5.41) is 3.42. The molecule has 0 aliphatic rings. The van der Waals surface area contributed by atoms with Crippen LogP contribution in [0.1, 0.15) is 34.6 Å². The molecule has 0 atom stereocenters. The van der Waals surface area contributed by atoms with Crippen molar-refractivity contribution in [3.8, 4) is 5.75 Å². The van der Waals surface area contributed by atoms with Gasteiger partial charge in [-0.25, -0.2) is 4.79 Å². The highest BCUT2D eigenvalue weighted by Gasteiger charge is 2.18. The van der Waals surface area contributed by atoms with Gasteiger partial charge in [-0.2, -0.15) is 0 Å². The van der Waals surface area contributed by atoms with Crippen molar-refractivity contribution < 1.29 is 23.9 Å². The SMILES string of the molecule is CCOC(=O)c1c[nH]c2c(NC(=O)c3ccccc3OC(C)=O)cccc12. The van der Waals surface area contributed by atoms with Gasteiger partial charge in [0.2, 0.25) is 0 Å². The number of rotatable bonds is 5. The van der Waals surface area contributed by atoms with Crippen LogP contribution in [0.4, 0.5) is 5.69 Å². The average molecular weight is 366 g/mol. The average Bonchev–Trinajstić information content (AvgIpc) is 3.07. The van der Waals surface area contributed by atoms with Crippen LogP contribution in [-0.4, -0.2) is 29.4 Å². The van der Waals surface area contributed by atoms with Gasteiger partial charge in [0.05, 0.1) is 28.9 Å². The minimum atomic E-state index is -0.513. The number of H-pyrrole nitrogens is 1. The summed E-state index contributed by atoms with van der Waals surface area (Å²) in [6.45, 7) is 3.28. The first-order valence-electron chi connectivity index (χ1n) is 8.37. The van der Waals surface area contributed by atoms with Gasteiger partial charge in [0.15, 0.2) is 0 Å². The normalized spacial score (nSPS) is 10.4. The summed E-state index contributed by atoms with van der Waals surface area (Å²) < 4.78 is 10.1. The van der Waals surface area contributed by atoms with Crippen molar-refractivity contribution >= 4 is 34.4 Å². The van der Waals surface area contributed by atoms with Crippen LogP contribution in [0.3, 0.4) is 0 Å². The predicted molar refractivity (Wildman–Crippen MR) is 100.0 cm³/mol. The van der Waals surface area contributed by atoms with Gasteiger partial charge in [-0.15, -0.1) is 0 Å². The van der Waals surface area contributed by atoms with Crippen molar-refractivity contribution in [2.45, 2.75) is 13.8 Å². The van der Waals surface area contributed by atoms with Crippen molar-refractivity contribution in [1.82, 2.24) is 4.98 Å². The minimum absolute atomic E-state index is 0.174. The number of para-hydroxylation sites is 2. The summed E-state index contributed by atoms with van der Waals surface area (Å²) in [6.07, 6.45) is 1.55. The van der Waals surface area contributed by atoms with E-state index in [0.29, 0.717) is 22.2 Å². The number of ether oxygens (including phenoxy) is 2. The third kappa shape index (κ3) is 3.82. The van der Waals surface area contributed by atoms with Gasteiger partial charge in [0, 0.05) is 18.5 Å². The van der Waals surface area contributed by atoms with Gasteiger partial charge < -0.3 is 19.8 Å². The first-order chi connectivity index (χ1) is 13.0. The molecule has 27 heavy (non-hydrogen) atoms. The van der Waals surface area contributed by atoms with Crippen LogP contribution < -0.4 is 10.1 Å². The minimum Gasteiger partial charge on any atom is -0.462 e. The van der Waals surface area contributed by atoms with E-state index >= 15 is 0 Å². The number of benzene rings is 2. The number of fused-ring (bicyclic) bond motifs is 1. The van der Waals surface area contributed by atoms with Crippen LogP contribution in [0.2, 0.25) is 0 Å². The van der Waals surface area contributed by atoms with Gasteiger partial charge >= 0.3 is 11.9 Å². The molecule has 1 amide bonds. The summed E-state index contributed by atoms with van der Waals surface area (Å²) in [4.78, 5) is 39.0. The number of nitrogens with one attached hydrogen (secondary N) is 2. The molecule has 3 aromatic rings. The maximum Gasteiger partial charge on any atom is 0.340 e. The van der Waals surface area contributed by atoms with Crippen LogP contribution >= 0.6 is 0 Å². The molecule has 0 bridgehead atoms. The molecule has 0 unspecified atom stereocenters. The molecule has 0 aliphatic carbocycles. The predicted octanol–water partition coefficient (Wildman–Crippen LogP) is 3.52. The lowest BCUT2D eigenvalue weighted by Gasteiger charge is -2.10. The first kappa shape index (κ1) is 18.2. The van der Waals surface area contributed by atoms with E-state index in [1.165, 1.54) is 6.92 Å². The molecule has 0 fully saturated rings. The largest absolute Gasteiger partial charge is 0.462 e. The van der Waals surface area contributed by atoms with E-state index in [9.17, 15) is 14.4 Å². The fourth-order valence-electron chi connectivity index (χ4n) is 2.72. The Morgan fingerprint density at radius 3 is 2.56 bits per heavy atom. The van der Waals surface area contributed by atoms with E-state index in [1.54, 1.807) is 55.6 Å². The van der Waals surface area contributed by atoms with Crippen molar-refractivity contribution in [3.63, 3.8) is 0 Å². The van der Waals surface area contributed by atoms with Gasteiger partial charge in [0.25, 0.3) is 5.91 Å². The molecule has 0 spiro atoms. The summed E-state index contributed by atoms with van der Waals surface area (Å²) >= 11 is 0. The fourth-order valence-corrected chi connectivity index (χ4v) is 2.72. The van der Waals surface area contributed by atoms with E-state index < -0.39 is 17.8 Å². The molecular formula is C20H18N2O5. The number of aromatic amines is 1. The molecule has 3 rings (SSSR count). The van der Waals surface area contributed by atoms with Crippen molar-refractivity contribution in [3.05, 3.63) is 59.8 Å². The monoisotopic (exact) mass is 366 g/mol. The highest BCUT2D eigenvalue weighted by atomic mass is 16.5. The van der Waals surface area contributed by atoms with Gasteiger partial charge in [-0.3, -0.25) is 9.59 Å². The van der Waals surface area contributed by atoms with E-state index in [0.717, 1.165) is 0 Å². The second-order valence-electron chi connectivity index (χ2n) is 5.69. The Kier molecular flexibility index (Phi) is 5.21. The van der Waals surface area contributed by atoms with E-state index in [1.807, 2.05) is 0 Å². The van der Waals surface area contributed by atoms with Crippen LogP contribution in [-0.2, 0) is 9.53 Å². The number of carbonyl (C=O) groups excluding carboxylic acids is 3. The topological polar surface area (TPSA) is 97.5 Å². The quantitative estimate of drug-likeness (QED) is 0.532. The van der Waals surface area contributed by atoms with Crippen molar-refractivity contribution in [1.29, 1.82) is 0 Å². The maximum atomic E-state index is 12.7. The number of hydrogen-bond acceptors (Lipinski definition) is 5. The van der Waals surface area contributed by atoms with E-state index in [4.69, 9.17) is 9.47 Å². The highest BCUT2D eigenvalue weighted by Crippen LogP contribution is 2.27. The zero-order valence-electron chi connectivity index (χ0n) is 14.9. The Bertz CT molecular complexity index is 1020. The van der Waals surface area contributed by atoms with Crippen LogP contribution in [0.15, 0.2) is 48.7 Å². The number of aromatic nitrogens is 1. The Balaban J connectivity index is 1.93. The molecule has 0 aliphatic heterocycles. The standard InChI is InChI=1S/C20H18N2O5/c1-3-26-20(25)15-11-21-18-13(15)8-6-9-16(18)22-19(24)14-7-4-5-10-17(14)27-12(2)23/h4-11,21H,3H2,1-2H3,(H,22,24). The Labute approximate surface area is 155 Å². The molecule has 0 radical (unpaired) electrons. The first-order valence-corrected chi connectivity index (χ1v) is 8.37. The molecule has 1 aromatic heterocycles. The summed E-state index contributed by atoms with van der Waals surface area (Å²) in [5.41, 5.74) is 1.70. The van der Waals surface area contributed by atoms with Crippen molar-refractivity contribution in [2.24, 2.45) is 0 Å². The van der Waals surface area contributed by atoms with Crippen LogP contribution in [0.5, 0.6) is 5.75 Å². The van der Waals surface area contributed by atoms with E-state index in [2.05, 4.69) is 10.3 Å². The molecule has 138 valence electrons. The number of carbonyl (C=O) groups is 3. The summed E-state index contributed by atoms with van der Waals surface area (Å²) in [5.74, 6) is -1.21. The fraction of sp³-hybridized carbons (Fsp3) is 0.150. The van der Waals surface area contributed by atoms with Gasteiger partial charge in [-0.05, 0) is 25.1 Å². The maximum absolute atomic E-state index is 12.7. The number of anilines is 1. The number of hydrogen-bond donors (Lipinski definition) is 2. The summed E-state index contributed by atoms with van der Waals surface area (Å²) in [7, 11) is 0. The third-order valence-corrected chi connectivity index (χ3v) is 3.84. The molecule has 2 N–H and O–H groups in total. The zero-order valence-corrected chi connectivity index (χ0v) is 14.9. The molecule has 1 heterocycles. The molecule has 7 heteroatoms. The zero-order chi connectivity index (χ0) is 19.4.